The number of allylic oxidation sites excluding steroid dienone is 1. The number of rotatable bonds is 5. The molecule has 114 valence electrons. The molecule has 0 aromatic heterocycles. The molecule has 2 rings (SSSR count). The minimum atomic E-state index is -0.852. The van der Waals surface area contributed by atoms with Gasteiger partial charge in [0, 0.05) is 0 Å². The van der Waals surface area contributed by atoms with Gasteiger partial charge in [-0.05, 0) is 42.2 Å². The summed E-state index contributed by atoms with van der Waals surface area (Å²) >= 11 is 0. The molecule has 1 unspecified atom stereocenters. The fraction of sp³-hybridized carbons (Fsp3) is 0.211. The lowest BCUT2D eigenvalue weighted by atomic mass is 9.76. The van der Waals surface area contributed by atoms with Crippen molar-refractivity contribution in [3.8, 4) is 5.75 Å². The van der Waals surface area contributed by atoms with E-state index in [0.717, 1.165) is 16.7 Å². The molecule has 3 heteroatoms. The molecule has 0 heterocycles. The van der Waals surface area contributed by atoms with Crippen molar-refractivity contribution in [2.75, 3.05) is 7.11 Å². The van der Waals surface area contributed by atoms with Crippen LogP contribution in [0.1, 0.15) is 24.5 Å². The number of phenolic OH excluding ortho intramolecular Hbond substituents is 1. The monoisotopic (exact) mass is 296 g/mol. The number of aromatic hydroxyl groups is 1. The van der Waals surface area contributed by atoms with Crippen molar-refractivity contribution in [3.05, 3.63) is 72.3 Å². The second-order valence-corrected chi connectivity index (χ2v) is 5.52. The molecule has 0 saturated carbocycles. The number of benzene rings is 2. The van der Waals surface area contributed by atoms with E-state index in [2.05, 4.69) is 6.58 Å². The van der Waals surface area contributed by atoms with E-state index in [-0.39, 0.29) is 11.7 Å². The summed E-state index contributed by atoms with van der Waals surface area (Å²) in [5.74, 6) is -0.159. The largest absolute Gasteiger partial charge is 0.508 e. The van der Waals surface area contributed by atoms with Gasteiger partial charge in [-0.25, -0.2) is 0 Å². The minimum Gasteiger partial charge on any atom is -0.508 e. The first-order chi connectivity index (χ1) is 10.5. The van der Waals surface area contributed by atoms with E-state index in [1.807, 2.05) is 37.3 Å². The molecule has 0 aliphatic carbocycles. The highest BCUT2D eigenvalue weighted by atomic mass is 16.5. The molecule has 0 radical (unpaired) electrons. The standard InChI is InChI=1S/C19H20O3/c1-14(15-7-5-4-6-8-15)13-19(2,18(21)22-3)16-9-11-17(20)12-10-16/h4-12,20H,1,13H2,2-3H3. The molecule has 0 fully saturated rings. The SMILES string of the molecule is C=C(CC(C)(C(=O)OC)c1ccc(O)cc1)c1ccccc1. The van der Waals surface area contributed by atoms with Crippen molar-refractivity contribution >= 4 is 11.5 Å². The highest BCUT2D eigenvalue weighted by molar-refractivity contribution is 5.85. The first kappa shape index (κ1) is 15.8. The molecule has 22 heavy (non-hydrogen) atoms. The van der Waals surface area contributed by atoms with Gasteiger partial charge in [0.1, 0.15) is 5.75 Å². The molecule has 2 aromatic rings. The van der Waals surface area contributed by atoms with Gasteiger partial charge in [0.2, 0.25) is 0 Å². The lowest BCUT2D eigenvalue weighted by Crippen LogP contribution is -2.34. The molecular formula is C19H20O3. The van der Waals surface area contributed by atoms with Gasteiger partial charge in [0.05, 0.1) is 12.5 Å². The van der Waals surface area contributed by atoms with Crippen molar-refractivity contribution in [1.29, 1.82) is 0 Å². The summed E-state index contributed by atoms with van der Waals surface area (Å²) in [4.78, 5) is 12.4. The summed E-state index contributed by atoms with van der Waals surface area (Å²) in [7, 11) is 1.38. The van der Waals surface area contributed by atoms with E-state index in [9.17, 15) is 9.90 Å². The smallest absolute Gasteiger partial charge is 0.316 e. The Labute approximate surface area is 130 Å². The van der Waals surface area contributed by atoms with Gasteiger partial charge in [0.15, 0.2) is 0 Å². The number of ether oxygens (including phenoxy) is 1. The third-order valence-electron chi connectivity index (χ3n) is 3.89. The minimum absolute atomic E-state index is 0.165. The average Bonchev–Trinajstić information content (AvgIpc) is 2.55. The van der Waals surface area contributed by atoms with Crippen molar-refractivity contribution in [2.45, 2.75) is 18.8 Å². The molecule has 1 atom stereocenters. The maximum Gasteiger partial charge on any atom is 0.316 e. The van der Waals surface area contributed by atoms with Gasteiger partial charge >= 0.3 is 5.97 Å². The Morgan fingerprint density at radius 1 is 1.14 bits per heavy atom. The molecule has 0 spiro atoms. The van der Waals surface area contributed by atoms with Gasteiger partial charge in [-0.1, -0.05) is 49.0 Å². The van der Waals surface area contributed by atoms with Crippen LogP contribution in [-0.2, 0) is 14.9 Å². The zero-order valence-corrected chi connectivity index (χ0v) is 12.9. The molecule has 0 aliphatic heterocycles. The number of esters is 1. The third-order valence-corrected chi connectivity index (χ3v) is 3.89. The molecule has 0 aliphatic rings. The zero-order chi connectivity index (χ0) is 16.2. The van der Waals surface area contributed by atoms with Crippen LogP contribution in [0.15, 0.2) is 61.2 Å². The van der Waals surface area contributed by atoms with Gasteiger partial charge in [-0.15, -0.1) is 0 Å². The predicted octanol–water partition coefficient (Wildman–Crippen LogP) is 3.93. The van der Waals surface area contributed by atoms with Crippen LogP contribution in [0.2, 0.25) is 0 Å². The lowest BCUT2D eigenvalue weighted by Gasteiger charge is -2.28. The van der Waals surface area contributed by atoms with Crippen LogP contribution in [0.25, 0.3) is 5.57 Å². The summed E-state index contributed by atoms with van der Waals surface area (Å²) in [5, 5.41) is 9.44. The van der Waals surface area contributed by atoms with Crippen LogP contribution >= 0.6 is 0 Å². The molecule has 0 saturated heterocycles. The highest BCUT2D eigenvalue weighted by Gasteiger charge is 2.37. The van der Waals surface area contributed by atoms with Crippen molar-refractivity contribution in [3.63, 3.8) is 0 Å². The number of methoxy groups -OCH3 is 1. The van der Waals surface area contributed by atoms with Crippen molar-refractivity contribution in [2.24, 2.45) is 0 Å². The predicted molar refractivity (Wildman–Crippen MR) is 87.6 cm³/mol. The fourth-order valence-electron chi connectivity index (χ4n) is 2.55. The number of carbonyl (C=O) groups is 1. The van der Waals surface area contributed by atoms with E-state index in [4.69, 9.17) is 4.74 Å². The maximum atomic E-state index is 12.4. The second kappa shape index (κ2) is 6.48. The van der Waals surface area contributed by atoms with E-state index >= 15 is 0 Å². The van der Waals surface area contributed by atoms with Crippen LogP contribution in [-0.4, -0.2) is 18.2 Å². The molecule has 3 nitrogen and oxygen atoms in total. The van der Waals surface area contributed by atoms with E-state index in [1.54, 1.807) is 24.3 Å². The van der Waals surface area contributed by atoms with E-state index < -0.39 is 5.41 Å². The third kappa shape index (κ3) is 3.19. The topological polar surface area (TPSA) is 46.5 Å². The zero-order valence-electron chi connectivity index (χ0n) is 12.9. The lowest BCUT2D eigenvalue weighted by molar-refractivity contribution is -0.146. The maximum absolute atomic E-state index is 12.4. The Hall–Kier alpha value is -2.55. The summed E-state index contributed by atoms with van der Waals surface area (Å²) < 4.78 is 4.99. The van der Waals surface area contributed by atoms with Crippen molar-refractivity contribution < 1.29 is 14.6 Å². The Morgan fingerprint density at radius 3 is 2.27 bits per heavy atom. The van der Waals surface area contributed by atoms with Gasteiger partial charge in [-0.3, -0.25) is 4.79 Å². The second-order valence-electron chi connectivity index (χ2n) is 5.52. The normalized spacial score (nSPS) is 13.2. The Kier molecular flexibility index (Phi) is 4.66. The Bertz CT molecular complexity index is 659. The van der Waals surface area contributed by atoms with E-state index in [0.29, 0.717) is 6.42 Å². The number of phenols is 1. The quantitative estimate of drug-likeness (QED) is 0.850. The summed E-state index contributed by atoms with van der Waals surface area (Å²) in [6, 6.07) is 16.4. The number of hydrogen-bond donors (Lipinski definition) is 1. The molecule has 0 bridgehead atoms. The summed E-state index contributed by atoms with van der Waals surface area (Å²) in [6.07, 6.45) is 0.439. The highest BCUT2D eigenvalue weighted by Crippen LogP contribution is 2.35. The molecule has 1 N–H and O–H groups in total. The van der Waals surface area contributed by atoms with E-state index in [1.165, 1.54) is 7.11 Å². The number of hydrogen-bond acceptors (Lipinski definition) is 3. The van der Waals surface area contributed by atoms with Crippen LogP contribution in [0.3, 0.4) is 0 Å². The number of carbonyl (C=O) groups excluding carboxylic acids is 1. The van der Waals surface area contributed by atoms with Gasteiger partial charge in [0.25, 0.3) is 0 Å². The van der Waals surface area contributed by atoms with Crippen LogP contribution < -0.4 is 0 Å². The van der Waals surface area contributed by atoms with Crippen LogP contribution in [0, 0.1) is 0 Å². The van der Waals surface area contributed by atoms with Crippen LogP contribution in [0.5, 0.6) is 5.75 Å². The first-order valence-corrected chi connectivity index (χ1v) is 7.08. The fourth-order valence-corrected chi connectivity index (χ4v) is 2.55. The van der Waals surface area contributed by atoms with Gasteiger partial charge in [-0.2, -0.15) is 0 Å². The molecule has 2 aromatic carbocycles. The molecule has 0 amide bonds. The summed E-state index contributed by atoms with van der Waals surface area (Å²) in [5.41, 5.74) is 1.79. The average molecular weight is 296 g/mol. The Morgan fingerprint density at radius 2 is 1.73 bits per heavy atom. The first-order valence-electron chi connectivity index (χ1n) is 7.08. The Balaban J connectivity index is 2.36. The van der Waals surface area contributed by atoms with Gasteiger partial charge < -0.3 is 9.84 Å². The van der Waals surface area contributed by atoms with Crippen molar-refractivity contribution in [1.82, 2.24) is 0 Å². The summed E-state index contributed by atoms with van der Waals surface area (Å²) in [6.45, 7) is 5.95. The molecular weight excluding hydrogens is 276 g/mol. The van der Waals surface area contributed by atoms with Crippen LogP contribution in [0.4, 0.5) is 0 Å².